The first-order valence-corrected chi connectivity index (χ1v) is 8.41. The Morgan fingerprint density at radius 3 is 3.00 bits per heavy atom. The first kappa shape index (κ1) is 15.0. The Labute approximate surface area is 134 Å². The number of hydrogen-bond donors (Lipinski definition) is 1. The molecule has 2 nitrogen and oxygen atoms in total. The van der Waals surface area contributed by atoms with Crippen LogP contribution in [0.1, 0.15) is 39.0 Å². The Balaban J connectivity index is 1.82. The van der Waals surface area contributed by atoms with Crippen LogP contribution in [-0.2, 0) is 6.54 Å². The van der Waals surface area contributed by atoms with Gasteiger partial charge in [-0.1, -0.05) is 37.8 Å². The largest absolute Gasteiger partial charge is 0.331 e. The highest BCUT2D eigenvalue weighted by molar-refractivity contribution is 7.71. The summed E-state index contributed by atoms with van der Waals surface area (Å²) in [7, 11) is 0. The summed E-state index contributed by atoms with van der Waals surface area (Å²) in [5, 5.41) is 0.131. The van der Waals surface area contributed by atoms with Crippen molar-refractivity contribution in [3.8, 4) is 0 Å². The average molecular weight is 327 g/mol. The Morgan fingerprint density at radius 1 is 1.43 bits per heavy atom. The molecule has 0 spiro atoms. The van der Waals surface area contributed by atoms with Gasteiger partial charge in [-0.05, 0) is 43.0 Å². The van der Waals surface area contributed by atoms with Crippen molar-refractivity contribution >= 4 is 34.9 Å². The molecular formula is C16H20ClFN2S. The van der Waals surface area contributed by atoms with E-state index in [1.54, 1.807) is 6.07 Å². The molecule has 2 aromatic rings. The zero-order chi connectivity index (χ0) is 15.0. The van der Waals surface area contributed by atoms with Crippen LogP contribution in [0.4, 0.5) is 4.39 Å². The standard InChI is InChI=1S/C16H20ClFN2S/c1-10-3-2-4-11(7-10)5-6-20-15-9-13(18)12(17)8-14(15)19-16(20)21/h8-11H,2-7H2,1H3,(H,19,21). The van der Waals surface area contributed by atoms with Gasteiger partial charge in [0.2, 0.25) is 0 Å². The number of hydrogen-bond acceptors (Lipinski definition) is 1. The molecule has 0 bridgehead atoms. The fraction of sp³-hybridized carbons (Fsp3) is 0.562. The zero-order valence-electron chi connectivity index (χ0n) is 12.2. The van der Waals surface area contributed by atoms with E-state index in [9.17, 15) is 4.39 Å². The van der Waals surface area contributed by atoms with Crippen molar-refractivity contribution in [1.82, 2.24) is 9.55 Å². The molecule has 1 aromatic heterocycles. The van der Waals surface area contributed by atoms with Gasteiger partial charge in [0.15, 0.2) is 4.77 Å². The molecule has 5 heteroatoms. The minimum absolute atomic E-state index is 0.131. The van der Waals surface area contributed by atoms with E-state index in [0.29, 0.717) is 4.77 Å². The van der Waals surface area contributed by atoms with Crippen LogP contribution in [0.2, 0.25) is 5.02 Å². The molecule has 2 atom stereocenters. The molecule has 21 heavy (non-hydrogen) atoms. The Bertz CT molecular complexity index is 706. The van der Waals surface area contributed by atoms with E-state index < -0.39 is 5.82 Å². The van der Waals surface area contributed by atoms with Gasteiger partial charge >= 0.3 is 0 Å². The van der Waals surface area contributed by atoms with Crippen molar-refractivity contribution in [3.05, 3.63) is 27.7 Å². The second kappa shape index (κ2) is 6.09. The number of nitrogens with zero attached hydrogens (tertiary/aromatic N) is 1. The molecule has 1 fully saturated rings. The van der Waals surface area contributed by atoms with Gasteiger partial charge in [-0.15, -0.1) is 0 Å². The number of aromatic amines is 1. The summed E-state index contributed by atoms with van der Waals surface area (Å²) < 4.78 is 16.3. The third-order valence-corrected chi connectivity index (χ3v) is 5.23. The summed E-state index contributed by atoms with van der Waals surface area (Å²) in [5.74, 6) is 1.20. The van der Waals surface area contributed by atoms with E-state index in [1.165, 1.54) is 31.7 Å². The van der Waals surface area contributed by atoms with Gasteiger partial charge in [0.05, 0.1) is 16.1 Å². The number of aromatic nitrogens is 2. The molecule has 1 saturated carbocycles. The third-order valence-electron chi connectivity index (χ3n) is 4.62. The van der Waals surface area contributed by atoms with Crippen LogP contribution in [-0.4, -0.2) is 9.55 Å². The Morgan fingerprint density at radius 2 is 2.24 bits per heavy atom. The van der Waals surface area contributed by atoms with Crippen molar-refractivity contribution in [1.29, 1.82) is 0 Å². The highest BCUT2D eigenvalue weighted by Crippen LogP contribution is 2.31. The summed E-state index contributed by atoms with van der Waals surface area (Å²) in [6.45, 7) is 3.18. The van der Waals surface area contributed by atoms with Crippen molar-refractivity contribution in [3.63, 3.8) is 0 Å². The number of nitrogens with one attached hydrogen (secondary N) is 1. The van der Waals surface area contributed by atoms with Gasteiger partial charge in [0.1, 0.15) is 5.82 Å². The maximum Gasteiger partial charge on any atom is 0.178 e. The lowest BCUT2D eigenvalue weighted by atomic mass is 9.81. The number of fused-ring (bicyclic) bond motifs is 1. The van der Waals surface area contributed by atoms with Gasteiger partial charge in [-0.3, -0.25) is 0 Å². The van der Waals surface area contributed by atoms with Crippen LogP contribution >= 0.6 is 23.8 Å². The lowest BCUT2D eigenvalue weighted by Crippen LogP contribution is -2.15. The fourth-order valence-electron chi connectivity index (χ4n) is 3.51. The topological polar surface area (TPSA) is 20.7 Å². The Hall–Kier alpha value is -0.870. The third kappa shape index (κ3) is 3.16. The van der Waals surface area contributed by atoms with Crippen LogP contribution in [0, 0.1) is 22.4 Å². The smallest absolute Gasteiger partial charge is 0.178 e. The summed E-state index contributed by atoms with van der Waals surface area (Å²) in [4.78, 5) is 3.12. The molecular weight excluding hydrogens is 307 g/mol. The van der Waals surface area contributed by atoms with Crippen molar-refractivity contribution in [2.24, 2.45) is 11.8 Å². The number of aryl methyl sites for hydroxylation is 1. The fourth-order valence-corrected chi connectivity index (χ4v) is 3.97. The first-order valence-electron chi connectivity index (χ1n) is 7.62. The van der Waals surface area contributed by atoms with E-state index >= 15 is 0 Å². The van der Waals surface area contributed by atoms with Gasteiger partial charge in [0, 0.05) is 12.6 Å². The quantitative estimate of drug-likeness (QED) is 0.717. The van der Waals surface area contributed by atoms with Crippen LogP contribution in [0.25, 0.3) is 11.0 Å². The van der Waals surface area contributed by atoms with Gasteiger partial charge in [-0.2, -0.15) is 0 Å². The zero-order valence-corrected chi connectivity index (χ0v) is 13.7. The van der Waals surface area contributed by atoms with Crippen molar-refractivity contribution in [2.75, 3.05) is 0 Å². The van der Waals surface area contributed by atoms with Crippen LogP contribution in [0.5, 0.6) is 0 Å². The summed E-state index contributed by atoms with van der Waals surface area (Å²) >= 11 is 11.2. The molecule has 1 N–H and O–H groups in total. The minimum Gasteiger partial charge on any atom is -0.331 e. The molecule has 0 saturated heterocycles. The van der Waals surface area contributed by atoms with Gasteiger partial charge < -0.3 is 9.55 Å². The van der Waals surface area contributed by atoms with E-state index in [2.05, 4.69) is 11.9 Å². The van der Waals surface area contributed by atoms with Crippen LogP contribution < -0.4 is 0 Å². The molecule has 1 aromatic carbocycles. The molecule has 1 heterocycles. The summed E-state index contributed by atoms with van der Waals surface area (Å²) in [5.41, 5.74) is 1.62. The molecule has 1 aliphatic carbocycles. The Kier molecular flexibility index (Phi) is 4.36. The number of H-pyrrole nitrogens is 1. The maximum absolute atomic E-state index is 13.7. The summed E-state index contributed by atoms with van der Waals surface area (Å²) in [6, 6.07) is 3.09. The minimum atomic E-state index is -0.391. The SMILES string of the molecule is CC1CCCC(CCn2c(=S)[nH]c3cc(Cl)c(F)cc32)C1. The monoisotopic (exact) mass is 326 g/mol. The lowest BCUT2D eigenvalue weighted by Gasteiger charge is -2.26. The van der Waals surface area contributed by atoms with Crippen molar-refractivity contribution < 1.29 is 4.39 Å². The maximum atomic E-state index is 13.7. The number of halogens is 2. The molecule has 114 valence electrons. The summed E-state index contributed by atoms with van der Waals surface area (Å²) in [6.07, 6.45) is 6.40. The van der Waals surface area contributed by atoms with Gasteiger partial charge in [0.25, 0.3) is 0 Å². The molecule has 3 rings (SSSR count). The van der Waals surface area contributed by atoms with E-state index in [-0.39, 0.29) is 5.02 Å². The second-order valence-electron chi connectivity index (χ2n) is 6.29. The molecule has 1 aliphatic rings. The molecule has 0 amide bonds. The normalized spacial score (nSPS) is 22.8. The van der Waals surface area contributed by atoms with E-state index in [4.69, 9.17) is 23.8 Å². The predicted octanol–water partition coefficient (Wildman–Crippen LogP) is 5.71. The lowest BCUT2D eigenvalue weighted by molar-refractivity contribution is 0.261. The highest BCUT2D eigenvalue weighted by Gasteiger charge is 2.19. The number of imidazole rings is 1. The highest BCUT2D eigenvalue weighted by atomic mass is 35.5. The molecule has 0 radical (unpaired) electrons. The molecule has 2 unspecified atom stereocenters. The first-order chi connectivity index (χ1) is 10.0. The van der Waals surface area contributed by atoms with E-state index in [0.717, 1.165) is 35.8 Å². The average Bonchev–Trinajstić information content (AvgIpc) is 2.72. The van der Waals surface area contributed by atoms with Gasteiger partial charge in [-0.25, -0.2) is 4.39 Å². The number of benzene rings is 1. The van der Waals surface area contributed by atoms with Crippen molar-refractivity contribution in [2.45, 2.75) is 45.6 Å². The van der Waals surface area contributed by atoms with E-state index in [1.807, 2.05) is 4.57 Å². The molecule has 0 aliphatic heterocycles. The number of rotatable bonds is 3. The predicted molar refractivity (Wildman–Crippen MR) is 87.8 cm³/mol. The second-order valence-corrected chi connectivity index (χ2v) is 7.09. The van der Waals surface area contributed by atoms with Crippen LogP contribution in [0.3, 0.4) is 0 Å². The van der Waals surface area contributed by atoms with Crippen LogP contribution in [0.15, 0.2) is 12.1 Å².